The van der Waals surface area contributed by atoms with Crippen molar-refractivity contribution in [1.82, 2.24) is 10.2 Å². The van der Waals surface area contributed by atoms with Crippen molar-refractivity contribution in [2.45, 2.75) is 53.1 Å². The van der Waals surface area contributed by atoms with Crippen LogP contribution in [0.25, 0.3) is 0 Å². The van der Waals surface area contributed by atoms with Crippen molar-refractivity contribution in [2.75, 3.05) is 19.6 Å². The van der Waals surface area contributed by atoms with E-state index >= 15 is 0 Å². The summed E-state index contributed by atoms with van der Waals surface area (Å²) >= 11 is 0. The van der Waals surface area contributed by atoms with E-state index in [9.17, 15) is 0 Å². The molecule has 1 rings (SSSR count). The first-order chi connectivity index (χ1) is 7.04. The molecule has 1 fully saturated rings. The fourth-order valence-electron chi connectivity index (χ4n) is 2.49. The fraction of sp³-hybridized carbons (Fsp3) is 1.00. The van der Waals surface area contributed by atoms with E-state index in [1.165, 1.54) is 26.1 Å². The second kappa shape index (κ2) is 5.86. The van der Waals surface area contributed by atoms with Gasteiger partial charge in [-0.3, -0.25) is 4.90 Å². The van der Waals surface area contributed by atoms with Crippen LogP contribution in [0.5, 0.6) is 0 Å². The van der Waals surface area contributed by atoms with Gasteiger partial charge in [-0.25, -0.2) is 0 Å². The molecular formula is C13H28N2. The van der Waals surface area contributed by atoms with Crippen LogP contribution in [0.1, 0.15) is 41.0 Å². The van der Waals surface area contributed by atoms with E-state index in [2.05, 4.69) is 44.8 Å². The smallest absolute Gasteiger partial charge is 0.0223 e. The maximum Gasteiger partial charge on any atom is 0.0223 e. The molecule has 0 amide bonds. The lowest BCUT2D eigenvalue weighted by Crippen LogP contribution is -2.58. The Labute approximate surface area is 95.4 Å². The molecule has 0 spiro atoms. The number of hydrogen-bond donors (Lipinski definition) is 1. The number of nitrogens with one attached hydrogen (secondary N) is 1. The van der Waals surface area contributed by atoms with Gasteiger partial charge in [0.2, 0.25) is 0 Å². The van der Waals surface area contributed by atoms with Crippen LogP contribution >= 0.6 is 0 Å². The van der Waals surface area contributed by atoms with Crippen molar-refractivity contribution < 1.29 is 0 Å². The summed E-state index contributed by atoms with van der Waals surface area (Å²) in [5.41, 5.74) is 0. The summed E-state index contributed by atoms with van der Waals surface area (Å²) in [5.74, 6) is 1.56. The summed E-state index contributed by atoms with van der Waals surface area (Å²) in [6.07, 6.45) is 1.33. The zero-order chi connectivity index (χ0) is 11.4. The summed E-state index contributed by atoms with van der Waals surface area (Å²) < 4.78 is 0. The van der Waals surface area contributed by atoms with Gasteiger partial charge < -0.3 is 5.32 Å². The van der Waals surface area contributed by atoms with Gasteiger partial charge in [-0.1, -0.05) is 34.6 Å². The molecule has 0 aliphatic carbocycles. The van der Waals surface area contributed by atoms with Gasteiger partial charge in [0.25, 0.3) is 0 Å². The molecule has 2 unspecified atom stereocenters. The summed E-state index contributed by atoms with van der Waals surface area (Å²) in [4.78, 5) is 2.65. The van der Waals surface area contributed by atoms with Crippen molar-refractivity contribution in [3.8, 4) is 0 Å². The molecule has 90 valence electrons. The summed E-state index contributed by atoms with van der Waals surface area (Å²) in [6.45, 7) is 15.2. The largest absolute Gasteiger partial charge is 0.311 e. The molecular weight excluding hydrogens is 184 g/mol. The highest BCUT2D eigenvalue weighted by Gasteiger charge is 2.28. The Morgan fingerprint density at radius 3 is 2.40 bits per heavy atom. The van der Waals surface area contributed by atoms with Crippen LogP contribution < -0.4 is 5.32 Å². The van der Waals surface area contributed by atoms with Gasteiger partial charge in [0.1, 0.15) is 0 Å². The van der Waals surface area contributed by atoms with E-state index < -0.39 is 0 Å². The molecule has 1 N–H and O–H groups in total. The second-order valence-electron chi connectivity index (χ2n) is 5.63. The fourth-order valence-corrected chi connectivity index (χ4v) is 2.49. The number of piperazine rings is 1. The van der Waals surface area contributed by atoms with E-state index in [1.807, 2.05) is 0 Å². The second-order valence-corrected chi connectivity index (χ2v) is 5.63. The molecule has 2 heteroatoms. The van der Waals surface area contributed by atoms with Gasteiger partial charge in [-0.2, -0.15) is 0 Å². The number of hydrogen-bond acceptors (Lipinski definition) is 2. The molecule has 0 saturated carbocycles. The standard InChI is InChI=1S/C13H28N2/c1-6-15-9-13(11(4)5)14-8-12(15)7-10(2)3/h10-14H,6-9H2,1-5H3. The first kappa shape index (κ1) is 13.0. The predicted molar refractivity (Wildman–Crippen MR) is 67.1 cm³/mol. The van der Waals surface area contributed by atoms with Gasteiger partial charge in [0.15, 0.2) is 0 Å². The van der Waals surface area contributed by atoms with Crippen molar-refractivity contribution in [2.24, 2.45) is 11.8 Å². The zero-order valence-corrected chi connectivity index (χ0v) is 11.1. The minimum absolute atomic E-state index is 0.688. The quantitative estimate of drug-likeness (QED) is 0.769. The molecule has 0 radical (unpaired) electrons. The lowest BCUT2D eigenvalue weighted by atomic mass is 9.95. The Balaban J connectivity index is 2.49. The molecule has 15 heavy (non-hydrogen) atoms. The molecule has 2 atom stereocenters. The molecule has 0 aromatic carbocycles. The van der Waals surface area contributed by atoms with E-state index in [0.717, 1.165) is 17.9 Å². The Morgan fingerprint density at radius 1 is 1.27 bits per heavy atom. The topological polar surface area (TPSA) is 15.3 Å². The number of likely N-dealkylation sites (N-methyl/N-ethyl adjacent to an activating group) is 1. The lowest BCUT2D eigenvalue weighted by molar-refractivity contribution is 0.105. The molecule has 1 aliphatic heterocycles. The van der Waals surface area contributed by atoms with Crippen LogP contribution in [-0.4, -0.2) is 36.6 Å². The summed E-state index contributed by atoms with van der Waals surface area (Å²) in [6, 6.07) is 1.44. The lowest BCUT2D eigenvalue weighted by Gasteiger charge is -2.42. The minimum Gasteiger partial charge on any atom is -0.311 e. The van der Waals surface area contributed by atoms with Gasteiger partial charge in [0.05, 0.1) is 0 Å². The van der Waals surface area contributed by atoms with Gasteiger partial charge in [-0.05, 0) is 24.8 Å². The van der Waals surface area contributed by atoms with Crippen LogP contribution in [0.2, 0.25) is 0 Å². The van der Waals surface area contributed by atoms with Crippen LogP contribution in [0.4, 0.5) is 0 Å². The van der Waals surface area contributed by atoms with Gasteiger partial charge >= 0.3 is 0 Å². The average molecular weight is 212 g/mol. The molecule has 1 saturated heterocycles. The van der Waals surface area contributed by atoms with Crippen LogP contribution in [0.15, 0.2) is 0 Å². The van der Waals surface area contributed by atoms with Gasteiger partial charge in [0, 0.05) is 25.2 Å². The van der Waals surface area contributed by atoms with E-state index in [0.29, 0.717) is 6.04 Å². The minimum atomic E-state index is 0.688. The maximum absolute atomic E-state index is 3.70. The first-order valence-electron chi connectivity index (χ1n) is 6.52. The van der Waals surface area contributed by atoms with Crippen molar-refractivity contribution in [1.29, 1.82) is 0 Å². The molecule has 1 heterocycles. The summed E-state index contributed by atoms with van der Waals surface area (Å²) in [5, 5.41) is 3.70. The van der Waals surface area contributed by atoms with E-state index in [4.69, 9.17) is 0 Å². The summed E-state index contributed by atoms with van der Waals surface area (Å²) in [7, 11) is 0. The maximum atomic E-state index is 3.70. The molecule has 2 nitrogen and oxygen atoms in total. The number of rotatable bonds is 4. The Bertz CT molecular complexity index is 177. The van der Waals surface area contributed by atoms with Crippen LogP contribution in [-0.2, 0) is 0 Å². The molecule has 0 aromatic rings. The third-order valence-corrected chi connectivity index (χ3v) is 3.52. The van der Waals surface area contributed by atoms with E-state index in [-0.39, 0.29) is 0 Å². The number of nitrogens with zero attached hydrogens (tertiary/aromatic N) is 1. The zero-order valence-electron chi connectivity index (χ0n) is 11.1. The average Bonchev–Trinajstić information content (AvgIpc) is 2.17. The highest BCUT2D eigenvalue weighted by atomic mass is 15.2. The van der Waals surface area contributed by atoms with Crippen LogP contribution in [0.3, 0.4) is 0 Å². The Kier molecular flexibility index (Phi) is 5.07. The molecule has 0 aromatic heterocycles. The Hall–Kier alpha value is -0.0800. The molecule has 1 aliphatic rings. The van der Waals surface area contributed by atoms with Crippen LogP contribution in [0, 0.1) is 11.8 Å². The molecule has 0 bridgehead atoms. The third kappa shape index (κ3) is 3.76. The monoisotopic (exact) mass is 212 g/mol. The Morgan fingerprint density at radius 2 is 1.93 bits per heavy atom. The van der Waals surface area contributed by atoms with Crippen molar-refractivity contribution >= 4 is 0 Å². The third-order valence-electron chi connectivity index (χ3n) is 3.52. The van der Waals surface area contributed by atoms with Crippen molar-refractivity contribution in [3.05, 3.63) is 0 Å². The normalized spacial score (nSPS) is 29.0. The highest BCUT2D eigenvalue weighted by molar-refractivity contribution is 4.87. The predicted octanol–water partition coefficient (Wildman–Crippen LogP) is 2.35. The highest BCUT2D eigenvalue weighted by Crippen LogP contribution is 2.17. The first-order valence-corrected chi connectivity index (χ1v) is 6.52. The van der Waals surface area contributed by atoms with Crippen molar-refractivity contribution in [3.63, 3.8) is 0 Å². The van der Waals surface area contributed by atoms with E-state index in [1.54, 1.807) is 0 Å². The SMILES string of the molecule is CCN1CC(C(C)C)NCC1CC(C)C. The van der Waals surface area contributed by atoms with Gasteiger partial charge in [-0.15, -0.1) is 0 Å².